The summed E-state index contributed by atoms with van der Waals surface area (Å²) in [4.78, 5) is 12.3. The molecule has 1 atom stereocenters. The molecule has 23 heavy (non-hydrogen) atoms. The van der Waals surface area contributed by atoms with Crippen molar-refractivity contribution < 1.29 is 9.53 Å². The Morgan fingerprint density at radius 1 is 1.13 bits per heavy atom. The van der Waals surface area contributed by atoms with E-state index in [0.717, 1.165) is 16.7 Å². The van der Waals surface area contributed by atoms with Crippen LogP contribution in [0.5, 0.6) is 5.75 Å². The first-order chi connectivity index (χ1) is 10.8. The molecule has 0 bridgehead atoms. The smallest absolute Gasteiger partial charge is 0.265 e. The summed E-state index contributed by atoms with van der Waals surface area (Å²) in [7, 11) is 0. The maximum absolute atomic E-state index is 12.3. The van der Waals surface area contributed by atoms with Crippen LogP contribution in [0.25, 0.3) is 0 Å². The highest BCUT2D eigenvalue weighted by Gasteiger charge is 2.17. The second-order valence-corrected chi connectivity index (χ2v) is 6.42. The SMILES string of the molecule is Cc1cc(C)c(C)c(O[C@@H](C)C(=O)Nc2ccc(Cl)cc2Cl)c1. The van der Waals surface area contributed by atoms with Gasteiger partial charge in [-0.3, -0.25) is 4.79 Å². The van der Waals surface area contributed by atoms with E-state index < -0.39 is 6.10 Å². The van der Waals surface area contributed by atoms with Gasteiger partial charge in [0.1, 0.15) is 5.75 Å². The fourth-order valence-corrected chi connectivity index (χ4v) is 2.65. The Kier molecular flexibility index (Phi) is 5.55. The molecule has 0 saturated heterocycles. The molecule has 0 fully saturated rings. The summed E-state index contributed by atoms with van der Waals surface area (Å²) < 4.78 is 5.82. The monoisotopic (exact) mass is 351 g/mol. The summed E-state index contributed by atoms with van der Waals surface area (Å²) in [5, 5.41) is 3.66. The van der Waals surface area contributed by atoms with Gasteiger partial charge < -0.3 is 10.1 Å². The number of benzene rings is 2. The lowest BCUT2D eigenvalue weighted by molar-refractivity contribution is -0.122. The van der Waals surface area contributed by atoms with E-state index in [9.17, 15) is 4.79 Å². The Hall–Kier alpha value is -1.71. The number of carbonyl (C=O) groups is 1. The summed E-state index contributed by atoms with van der Waals surface area (Å²) >= 11 is 11.9. The van der Waals surface area contributed by atoms with E-state index in [0.29, 0.717) is 21.5 Å². The highest BCUT2D eigenvalue weighted by Crippen LogP contribution is 2.27. The number of amides is 1. The molecule has 1 amide bonds. The van der Waals surface area contributed by atoms with E-state index in [1.807, 2.05) is 26.8 Å². The van der Waals surface area contributed by atoms with Gasteiger partial charge in [-0.1, -0.05) is 29.3 Å². The number of carbonyl (C=O) groups excluding carboxylic acids is 1. The largest absolute Gasteiger partial charge is 0.481 e. The highest BCUT2D eigenvalue weighted by atomic mass is 35.5. The number of aryl methyl sites for hydroxylation is 2. The fourth-order valence-electron chi connectivity index (χ4n) is 2.19. The average Bonchev–Trinajstić information content (AvgIpc) is 2.47. The zero-order valence-electron chi connectivity index (χ0n) is 13.5. The zero-order valence-corrected chi connectivity index (χ0v) is 15.0. The minimum atomic E-state index is -0.651. The Morgan fingerprint density at radius 3 is 2.48 bits per heavy atom. The van der Waals surface area contributed by atoms with Crippen LogP contribution >= 0.6 is 23.2 Å². The van der Waals surface area contributed by atoms with E-state index in [-0.39, 0.29) is 5.91 Å². The van der Waals surface area contributed by atoms with Crippen LogP contribution in [0, 0.1) is 20.8 Å². The summed E-state index contributed by atoms with van der Waals surface area (Å²) in [6, 6.07) is 8.93. The summed E-state index contributed by atoms with van der Waals surface area (Å²) in [5.74, 6) is 0.445. The number of rotatable bonds is 4. The highest BCUT2D eigenvalue weighted by molar-refractivity contribution is 6.36. The molecule has 1 N–H and O–H groups in total. The number of hydrogen-bond acceptors (Lipinski definition) is 2. The molecule has 0 aliphatic heterocycles. The van der Waals surface area contributed by atoms with Crippen molar-refractivity contribution in [2.24, 2.45) is 0 Å². The van der Waals surface area contributed by atoms with Crippen molar-refractivity contribution >= 4 is 34.8 Å². The molecule has 2 aromatic carbocycles. The molecule has 0 saturated carbocycles. The second kappa shape index (κ2) is 7.24. The van der Waals surface area contributed by atoms with Gasteiger partial charge in [0.25, 0.3) is 5.91 Å². The quantitative estimate of drug-likeness (QED) is 0.808. The van der Waals surface area contributed by atoms with Crippen molar-refractivity contribution in [3.63, 3.8) is 0 Å². The van der Waals surface area contributed by atoms with Gasteiger partial charge in [-0.25, -0.2) is 0 Å². The molecule has 0 heterocycles. The van der Waals surface area contributed by atoms with Gasteiger partial charge in [0.2, 0.25) is 0 Å². The number of hydrogen-bond donors (Lipinski definition) is 1. The molecule has 0 unspecified atom stereocenters. The van der Waals surface area contributed by atoms with Gasteiger partial charge in [0.15, 0.2) is 6.10 Å². The van der Waals surface area contributed by atoms with Crippen molar-refractivity contribution in [3.05, 3.63) is 57.1 Å². The molecule has 0 aliphatic rings. The third-order valence-electron chi connectivity index (χ3n) is 3.63. The lowest BCUT2D eigenvalue weighted by Crippen LogP contribution is -2.30. The van der Waals surface area contributed by atoms with Gasteiger partial charge in [0, 0.05) is 5.02 Å². The predicted molar refractivity (Wildman–Crippen MR) is 95.8 cm³/mol. The first-order valence-electron chi connectivity index (χ1n) is 7.28. The molecule has 2 aromatic rings. The van der Waals surface area contributed by atoms with E-state index >= 15 is 0 Å². The van der Waals surface area contributed by atoms with Gasteiger partial charge in [-0.15, -0.1) is 0 Å². The first kappa shape index (κ1) is 17.6. The van der Waals surface area contributed by atoms with Crippen molar-refractivity contribution in [2.45, 2.75) is 33.8 Å². The van der Waals surface area contributed by atoms with E-state index in [4.69, 9.17) is 27.9 Å². The lowest BCUT2D eigenvalue weighted by Gasteiger charge is -2.18. The number of halogens is 2. The lowest BCUT2D eigenvalue weighted by atomic mass is 10.1. The topological polar surface area (TPSA) is 38.3 Å². The van der Waals surface area contributed by atoms with E-state index in [1.165, 1.54) is 0 Å². The molecule has 0 radical (unpaired) electrons. The van der Waals surface area contributed by atoms with Crippen LogP contribution in [0.2, 0.25) is 10.0 Å². The molecule has 122 valence electrons. The molecular formula is C18H19Cl2NO2. The predicted octanol–water partition coefficient (Wildman–Crippen LogP) is 5.32. The van der Waals surface area contributed by atoms with Gasteiger partial charge >= 0.3 is 0 Å². The normalized spacial score (nSPS) is 11.9. The molecule has 0 aliphatic carbocycles. The van der Waals surface area contributed by atoms with Crippen LogP contribution in [0.4, 0.5) is 5.69 Å². The average molecular weight is 352 g/mol. The molecule has 5 heteroatoms. The van der Waals surface area contributed by atoms with Crippen LogP contribution in [0.3, 0.4) is 0 Å². The van der Waals surface area contributed by atoms with Crippen LogP contribution in [0.15, 0.2) is 30.3 Å². The number of ether oxygens (including phenoxy) is 1. The number of nitrogens with one attached hydrogen (secondary N) is 1. The van der Waals surface area contributed by atoms with Crippen LogP contribution in [-0.4, -0.2) is 12.0 Å². The third-order valence-corrected chi connectivity index (χ3v) is 4.17. The Bertz CT molecular complexity index is 744. The second-order valence-electron chi connectivity index (χ2n) is 5.58. The van der Waals surface area contributed by atoms with E-state index in [1.54, 1.807) is 25.1 Å². The summed E-state index contributed by atoms with van der Waals surface area (Å²) in [5.41, 5.74) is 3.76. The molecule has 2 rings (SSSR count). The third kappa shape index (κ3) is 4.40. The maximum atomic E-state index is 12.3. The van der Waals surface area contributed by atoms with Gasteiger partial charge in [-0.2, -0.15) is 0 Å². The minimum absolute atomic E-state index is 0.271. The summed E-state index contributed by atoms with van der Waals surface area (Å²) in [6.45, 7) is 7.70. The van der Waals surface area contributed by atoms with Gasteiger partial charge in [-0.05, 0) is 68.7 Å². The van der Waals surface area contributed by atoms with Crippen LogP contribution in [-0.2, 0) is 4.79 Å². The summed E-state index contributed by atoms with van der Waals surface area (Å²) in [6.07, 6.45) is -0.651. The van der Waals surface area contributed by atoms with Gasteiger partial charge in [0.05, 0.1) is 10.7 Å². The standard InChI is InChI=1S/C18H19Cl2NO2/c1-10-7-11(2)12(3)17(8-10)23-13(4)18(22)21-16-6-5-14(19)9-15(16)20/h5-9,13H,1-4H3,(H,21,22)/t13-/m0/s1. The van der Waals surface area contributed by atoms with E-state index in [2.05, 4.69) is 11.4 Å². The Labute approximate surface area is 146 Å². The Morgan fingerprint density at radius 2 is 1.83 bits per heavy atom. The number of anilines is 1. The molecular weight excluding hydrogens is 333 g/mol. The maximum Gasteiger partial charge on any atom is 0.265 e. The zero-order chi connectivity index (χ0) is 17.1. The fraction of sp³-hybridized carbons (Fsp3) is 0.278. The Balaban J connectivity index is 2.11. The van der Waals surface area contributed by atoms with Crippen molar-refractivity contribution in [2.75, 3.05) is 5.32 Å². The molecule has 0 spiro atoms. The molecule has 3 nitrogen and oxygen atoms in total. The first-order valence-corrected chi connectivity index (χ1v) is 8.04. The minimum Gasteiger partial charge on any atom is -0.481 e. The van der Waals surface area contributed by atoms with Crippen molar-refractivity contribution in [1.82, 2.24) is 0 Å². The van der Waals surface area contributed by atoms with Crippen LogP contribution in [0.1, 0.15) is 23.6 Å². The van der Waals surface area contributed by atoms with Crippen molar-refractivity contribution in [3.8, 4) is 5.75 Å². The van der Waals surface area contributed by atoms with Crippen molar-refractivity contribution in [1.29, 1.82) is 0 Å². The van der Waals surface area contributed by atoms with Crippen LogP contribution < -0.4 is 10.1 Å². The molecule has 0 aromatic heterocycles.